The second-order valence-corrected chi connectivity index (χ2v) is 6.86. The molecule has 0 atom stereocenters. The fourth-order valence-corrected chi connectivity index (χ4v) is 3.43. The highest BCUT2D eigenvalue weighted by Crippen LogP contribution is 2.21. The molecule has 4 rings (SSSR count). The predicted octanol–water partition coefficient (Wildman–Crippen LogP) is 5.61. The van der Waals surface area contributed by atoms with Crippen molar-refractivity contribution in [1.82, 2.24) is 4.98 Å². The van der Waals surface area contributed by atoms with Crippen LogP contribution in [0.2, 0.25) is 0 Å². The summed E-state index contributed by atoms with van der Waals surface area (Å²) in [6, 6.07) is 21.6. The first-order valence-electron chi connectivity index (χ1n) is 8.59. The number of aldehydes is 1. The van der Waals surface area contributed by atoms with Gasteiger partial charge in [-0.2, -0.15) is 11.3 Å². The molecule has 27 heavy (non-hydrogen) atoms. The van der Waals surface area contributed by atoms with Crippen molar-refractivity contribution >= 4 is 40.2 Å². The standard InChI is InChI=1S/C23H17NO2S/c25-14-20(13-17-11-12-27-16-17)18-6-9-22(10-7-18)26-15-21-8-5-19-3-1-2-4-23(19)24-21/h1-14,16H,15H2/b20-13-. The smallest absolute Gasteiger partial charge is 0.150 e. The first-order valence-corrected chi connectivity index (χ1v) is 9.53. The van der Waals surface area contributed by atoms with Gasteiger partial charge in [0.2, 0.25) is 0 Å². The van der Waals surface area contributed by atoms with Gasteiger partial charge < -0.3 is 4.74 Å². The van der Waals surface area contributed by atoms with Crippen molar-refractivity contribution in [3.63, 3.8) is 0 Å². The van der Waals surface area contributed by atoms with Crippen LogP contribution in [-0.2, 0) is 11.4 Å². The zero-order chi connectivity index (χ0) is 18.5. The third kappa shape index (κ3) is 4.13. The Labute approximate surface area is 161 Å². The van der Waals surface area contributed by atoms with Crippen molar-refractivity contribution < 1.29 is 9.53 Å². The number of carbonyl (C=O) groups is 1. The quantitative estimate of drug-likeness (QED) is 0.326. The second kappa shape index (κ2) is 7.98. The normalized spacial score (nSPS) is 11.5. The van der Waals surface area contributed by atoms with E-state index in [0.717, 1.165) is 39.8 Å². The highest BCUT2D eigenvalue weighted by molar-refractivity contribution is 7.08. The molecule has 2 aromatic carbocycles. The van der Waals surface area contributed by atoms with E-state index in [0.29, 0.717) is 12.2 Å². The van der Waals surface area contributed by atoms with Crippen LogP contribution in [0.4, 0.5) is 0 Å². The Kier molecular flexibility index (Phi) is 5.08. The topological polar surface area (TPSA) is 39.2 Å². The second-order valence-electron chi connectivity index (χ2n) is 6.08. The van der Waals surface area contributed by atoms with Crippen LogP contribution in [0.25, 0.3) is 22.6 Å². The molecule has 0 radical (unpaired) electrons. The SMILES string of the molecule is O=C/C(=C/c1ccsc1)c1ccc(OCc2ccc3ccccc3n2)cc1. The molecule has 0 unspecified atom stereocenters. The average molecular weight is 371 g/mol. The number of aromatic nitrogens is 1. The predicted molar refractivity (Wildman–Crippen MR) is 111 cm³/mol. The van der Waals surface area contributed by atoms with Gasteiger partial charge in [-0.3, -0.25) is 4.79 Å². The number of ether oxygens (including phenoxy) is 1. The van der Waals surface area contributed by atoms with E-state index < -0.39 is 0 Å². The zero-order valence-corrected chi connectivity index (χ0v) is 15.4. The van der Waals surface area contributed by atoms with E-state index in [9.17, 15) is 4.79 Å². The van der Waals surface area contributed by atoms with Gasteiger partial charge in [-0.1, -0.05) is 36.4 Å². The molecule has 2 heterocycles. The fraction of sp³-hybridized carbons (Fsp3) is 0.0435. The van der Waals surface area contributed by atoms with Gasteiger partial charge in [-0.15, -0.1) is 0 Å². The van der Waals surface area contributed by atoms with Crippen molar-refractivity contribution in [3.05, 3.63) is 94.3 Å². The summed E-state index contributed by atoms with van der Waals surface area (Å²) in [6.07, 6.45) is 2.77. The summed E-state index contributed by atoms with van der Waals surface area (Å²) in [6.45, 7) is 0.398. The van der Waals surface area contributed by atoms with Gasteiger partial charge in [0.1, 0.15) is 12.4 Å². The number of nitrogens with zero attached hydrogens (tertiary/aromatic N) is 1. The fourth-order valence-electron chi connectivity index (χ4n) is 2.81. The summed E-state index contributed by atoms with van der Waals surface area (Å²) in [5.41, 5.74) is 4.39. The summed E-state index contributed by atoms with van der Waals surface area (Å²) >= 11 is 1.61. The minimum Gasteiger partial charge on any atom is -0.487 e. The van der Waals surface area contributed by atoms with Crippen LogP contribution in [0.15, 0.2) is 77.5 Å². The summed E-state index contributed by atoms with van der Waals surface area (Å²) in [5.74, 6) is 0.745. The summed E-state index contributed by atoms with van der Waals surface area (Å²) in [4.78, 5) is 16.0. The number of allylic oxidation sites excluding steroid dienone is 1. The monoisotopic (exact) mass is 371 g/mol. The highest BCUT2D eigenvalue weighted by Gasteiger charge is 2.04. The van der Waals surface area contributed by atoms with E-state index in [-0.39, 0.29) is 0 Å². The maximum absolute atomic E-state index is 11.4. The third-order valence-corrected chi connectivity index (χ3v) is 4.92. The largest absolute Gasteiger partial charge is 0.487 e. The van der Waals surface area contributed by atoms with E-state index in [1.54, 1.807) is 11.3 Å². The van der Waals surface area contributed by atoms with Crippen LogP contribution >= 0.6 is 11.3 Å². The Balaban J connectivity index is 1.46. The van der Waals surface area contributed by atoms with Gasteiger partial charge in [0.25, 0.3) is 0 Å². The van der Waals surface area contributed by atoms with E-state index in [1.807, 2.05) is 77.5 Å². The number of para-hydroxylation sites is 1. The van der Waals surface area contributed by atoms with Crippen molar-refractivity contribution in [2.24, 2.45) is 0 Å². The number of hydrogen-bond acceptors (Lipinski definition) is 4. The minimum atomic E-state index is 0.398. The van der Waals surface area contributed by atoms with Crippen LogP contribution in [0.3, 0.4) is 0 Å². The highest BCUT2D eigenvalue weighted by atomic mass is 32.1. The molecule has 4 heteroatoms. The Morgan fingerprint density at radius 2 is 1.85 bits per heavy atom. The van der Waals surface area contributed by atoms with Gasteiger partial charge in [-0.05, 0) is 58.3 Å². The van der Waals surface area contributed by atoms with Gasteiger partial charge >= 0.3 is 0 Å². The molecule has 0 fully saturated rings. The molecule has 3 nitrogen and oxygen atoms in total. The van der Waals surface area contributed by atoms with E-state index in [1.165, 1.54) is 0 Å². The summed E-state index contributed by atoms with van der Waals surface area (Å²) in [7, 11) is 0. The maximum Gasteiger partial charge on any atom is 0.150 e. The molecule has 0 saturated heterocycles. The lowest BCUT2D eigenvalue weighted by molar-refractivity contribution is -0.103. The molecular weight excluding hydrogens is 354 g/mol. The average Bonchev–Trinajstić information content (AvgIpc) is 3.24. The van der Waals surface area contributed by atoms with Crippen LogP contribution in [0, 0.1) is 0 Å². The lowest BCUT2D eigenvalue weighted by atomic mass is 10.1. The number of benzene rings is 2. The number of carbonyl (C=O) groups excluding carboxylic acids is 1. The van der Waals surface area contributed by atoms with E-state index >= 15 is 0 Å². The lowest BCUT2D eigenvalue weighted by Crippen LogP contribution is -1.98. The molecule has 2 aromatic heterocycles. The molecule has 0 N–H and O–H groups in total. The molecule has 0 saturated carbocycles. The van der Waals surface area contributed by atoms with Crippen LogP contribution in [-0.4, -0.2) is 11.3 Å². The first kappa shape index (κ1) is 17.2. The number of pyridine rings is 1. The first-order chi connectivity index (χ1) is 13.3. The van der Waals surface area contributed by atoms with Gasteiger partial charge in [-0.25, -0.2) is 4.98 Å². The molecule has 132 valence electrons. The van der Waals surface area contributed by atoms with E-state index in [4.69, 9.17) is 4.74 Å². The Morgan fingerprint density at radius 3 is 2.63 bits per heavy atom. The zero-order valence-electron chi connectivity index (χ0n) is 14.5. The van der Waals surface area contributed by atoms with Crippen molar-refractivity contribution in [1.29, 1.82) is 0 Å². The molecule has 4 aromatic rings. The number of fused-ring (bicyclic) bond motifs is 1. The number of rotatable bonds is 6. The third-order valence-electron chi connectivity index (χ3n) is 4.22. The Morgan fingerprint density at radius 1 is 1.00 bits per heavy atom. The Hall–Kier alpha value is -3.24. The van der Waals surface area contributed by atoms with E-state index in [2.05, 4.69) is 11.1 Å². The lowest BCUT2D eigenvalue weighted by Gasteiger charge is -2.08. The molecule has 0 aliphatic rings. The van der Waals surface area contributed by atoms with Gasteiger partial charge in [0.15, 0.2) is 6.29 Å². The van der Waals surface area contributed by atoms with Crippen LogP contribution in [0.5, 0.6) is 5.75 Å². The maximum atomic E-state index is 11.4. The van der Waals surface area contributed by atoms with Crippen molar-refractivity contribution in [2.45, 2.75) is 6.61 Å². The molecule has 0 aliphatic carbocycles. The number of thiophene rings is 1. The van der Waals surface area contributed by atoms with Crippen LogP contribution < -0.4 is 4.74 Å². The van der Waals surface area contributed by atoms with Crippen molar-refractivity contribution in [3.8, 4) is 5.75 Å². The van der Waals surface area contributed by atoms with Crippen molar-refractivity contribution in [2.75, 3.05) is 0 Å². The summed E-state index contributed by atoms with van der Waals surface area (Å²) < 4.78 is 5.85. The Bertz CT molecular complexity index is 1080. The summed E-state index contributed by atoms with van der Waals surface area (Å²) in [5, 5.41) is 5.12. The van der Waals surface area contributed by atoms with Crippen LogP contribution in [0.1, 0.15) is 16.8 Å². The van der Waals surface area contributed by atoms with Gasteiger partial charge in [0.05, 0.1) is 11.2 Å². The molecule has 0 spiro atoms. The number of hydrogen-bond donors (Lipinski definition) is 0. The molecule has 0 bridgehead atoms. The molecule has 0 aliphatic heterocycles. The minimum absolute atomic E-state index is 0.398. The van der Waals surface area contributed by atoms with Gasteiger partial charge in [0, 0.05) is 11.0 Å². The molecule has 0 amide bonds. The molecular formula is C23H17NO2S.